The fourth-order valence-electron chi connectivity index (χ4n) is 1.41. The molecular weight excluding hydrogens is 310 g/mol. The summed E-state index contributed by atoms with van der Waals surface area (Å²) < 4.78 is 30.2. The van der Waals surface area contributed by atoms with Crippen molar-refractivity contribution >= 4 is 21.9 Å². The summed E-state index contributed by atoms with van der Waals surface area (Å²) in [5.41, 5.74) is -0.388. The number of hydrogen-bond acceptors (Lipinski definition) is 4. The van der Waals surface area contributed by atoms with E-state index < -0.39 is 18.0 Å². The Hall–Kier alpha value is -1.55. The summed E-state index contributed by atoms with van der Waals surface area (Å²) in [4.78, 5) is 15.1. The van der Waals surface area contributed by atoms with Gasteiger partial charge in [-0.2, -0.15) is 5.26 Å². The summed E-state index contributed by atoms with van der Waals surface area (Å²) in [7, 11) is 1.16. The first-order valence-corrected chi connectivity index (χ1v) is 5.99. The minimum Gasteiger partial charge on any atom is -0.469 e. The monoisotopic (exact) mass is 318 g/mol. The number of alkyl halides is 3. The minimum atomic E-state index is -2.86. The van der Waals surface area contributed by atoms with Crippen LogP contribution in [0, 0.1) is 11.3 Å². The Bertz CT molecular complexity index is 501. The second kappa shape index (κ2) is 6.40. The molecule has 7 heteroatoms. The zero-order chi connectivity index (χ0) is 13.7. The average Bonchev–Trinajstić information content (AvgIpc) is 2.36. The number of ether oxygens (including phenoxy) is 1. The summed E-state index contributed by atoms with van der Waals surface area (Å²) in [6, 6.07) is 2.97. The van der Waals surface area contributed by atoms with Crippen LogP contribution in [-0.2, 0) is 21.3 Å². The van der Waals surface area contributed by atoms with Crippen LogP contribution < -0.4 is 0 Å². The van der Waals surface area contributed by atoms with Crippen LogP contribution in [0.2, 0.25) is 0 Å². The molecule has 0 unspecified atom stereocenters. The van der Waals surface area contributed by atoms with Gasteiger partial charge in [0.1, 0.15) is 0 Å². The Kier molecular flexibility index (Phi) is 5.16. The van der Waals surface area contributed by atoms with Gasteiger partial charge in [-0.25, -0.2) is 8.78 Å². The maximum Gasteiger partial charge on any atom is 0.311 e. The molecule has 96 valence electrons. The molecule has 0 aliphatic carbocycles. The second-order valence-corrected chi connectivity index (χ2v) is 3.88. The molecule has 18 heavy (non-hydrogen) atoms. The summed E-state index contributed by atoms with van der Waals surface area (Å²) in [6.07, 6.45) is -3.25. The smallest absolute Gasteiger partial charge is 0.311 e. The van der Waals surface area contributed by atoms with Gasteiger partial charge in [0.15, 0.2) is 0 Å². The first-order valence-electron chi connectivity index (χ1n) is 4.87. The third-order valence-corrected chi connectivity index (χ3v) is 2.78. The first kappa shape index (κ1) is 14.5. The van der Waals surface area contributed by atoms with Crippen LogP contribution in [0.25, 0.3) is 0 Å². The van der Waals surface area contributed by atoms with Gasteiger partial charge in [-0.15, -0.1) is 0 Å². The number of rotatable bonds is 4. The van der Waals surface area contributed by atoms with Crippen molar-refractivity contribution < 1.29 is 18.3 Å². The Morgan fingerprint density at radius 3 is 2.78 bits per heavy atom. The predicted molar refractivity (Wildman–Crippen MR) is 62.3 cm³/mol. The van der Waals surface area contributed by atoms with Gasteiger partial charge < -0.3 is 4.74 Å². The van der Waals surface area contributed by atoms with E-state index in [1.807, 2.05) is 0 Å². The molecule has 0 saturated carbocycles. The Morgan fingerprint density at radius 2 is 2.33 bits per heavy atom. The zero-order valence-electron chi connectivity index (χ0n) is 9.41. The van der Waals surface area contributed by atoms with E-state index in [9.17, 15) is 13.6 Å². The van der Waals surface area contributed by atoms with Crippen molar-refractivity contribution in [3.63, 3.8) is 0 Å². The van der Waals surface area contributed by atoms with Crippen LogP contribution in [0.5, 0.6) is 0 Å². The average molecular weight is 319 g/mol. The highest BCUT2D eigenvalue weighted by molar-refractivity contribution is 9.08. The van der Waals surface area contributed by atoms with Gasteiger partial charge in [-0.3, -0.25) is 9.78 Å². The molecule has 1 heterocycles. The van der Waals surface area contributed by atoms with E-state index >= 15 is 0 Å². The first-order chi connectivity index (χ1) is 8.53. The quantitative estimate of drug-likeness (QED) is 0.632. The molecule has 1 aromatic rings. The molecule has 0 atom stereocenters. The second-order valence-electron chi connectivity index (χ2n) is 3.32. The van der Waals surface area contributed by atoms with E-state index in [4.69, 9.17) is 5.26 Å². The van der Waals surface area contributed by atoms with Gasteiger partial charge in [0.05, 0.1) is 42.1 Å². The van der Waals surface area contributed by atoms with Crippen molar-refractivity contribution in [1.82, 2.24) is 4.98 Å². The molecular formula is C11H9BrF2N2O2. The molecule has 0 saturated heterocycles. The number of hydrogen-bond donors (Lipinski definition) is 0. The molecule has 0 N–H and O–H groups in total. The number of nitrogens with zero attached hydrogens (tertiary/aromatic N) is 2. The summed E-state index contributed by atoms with van der Waals surface area (Å²) in [5, 5.41) is 9.17. The number of esters is 1. The molecule has 0 aliphatic heterocycles. The molecule has 4 nitrogen and oxygen atoms in total. The number of halogens is 3. The lowest BCUT2D eigenvalue weighted by Gasteiger charge is -2.10. The number of methoxy groups -OCH3 is 1. The Labute approximate surface area is 111 Å². The molecule has 0 radical (unpaired) electrons. The third-order valence-electron chi connectivity index (χ3n) is 2.21. The van der Waals surface area contributed by atoms with Crippen LogP contribution in [0.15, 0.2) is 6.07 Å². The number of carbonyl (C=O) groups is 1. The zero-order valence-corrected chi connectivity index (χ0v) is 11.0. The molecule has 0 amide bonds. The molecule has 0 aliphatic rings. The topological polar surface area (TPSA) is 63.0 Å². The van der Waals surface area contributed by atoms with Crippen LogP contribution in [0.1, 0.15) is 28.9 Å². The van der Waals surface area contributed by atoms with Crippen LogP contribution >= 0.6 is 15.9 Å². The highest BCUT2D eigenvalue weighted by atomic mass is 79.9. The van der Waals surface area contributed by atoms with E-state index in [2.05, 4.69) is 25.7 Å². The summed E-state index contributed by atoms with van der Waals surface area (Å²) in [5.74, 6) is -0.681. The third kappa shape index (κ3) is 3.23. The largest absolute Gasteiger partial charge is 0.469 e. The molecule has 0 fully saturated rings. The van der Waals surface area contributed by atoms with Crippen LogP contribution in [0.4, 0.5) is 8.78 Å². The molecule has 0 bridgehead atoms. The minimum absolute atomic E-state index is 0.120. The normalized spacial score (nSPS) is 10.2. The van der Waals surface area contributed by atoms with Crippen molar-refractivity contribution in [2.24, 2.45) is 0 Å². The fourth-order valence-corrected chi connectivity index (χ4v) is 1.70. The summed E-state index contributed by atoms with van der Waals surface area (Å²) >= 11 is 3.12. The van der Waals surface area contributed by atoms with Crippen molar-refractivity contribution in [3.05, 3.63) is 28.6 Å². The maximum atomic E-state index is 12.9. The van der Waals surface area contributed by atoms with Gasteiger partial charge in [0, 0.05) is 5.33 Å². The number of carbonyl (C=O) groups excluding carboxylic acids is 1. The Morgan fingerprint density at radius 1 is 1.67 bits per heavy atom. The lowest BCUT2D eigenvalue weighted by Crippen LogP contribution is -2.12. The standard InChI is InChI=1S/C11H9BrF2N2O2/c1-18-9(17)3-8-10(11(13)14)6(5-15)2-7(4-12)16-8/h2,11H,3-4H2,1H3. The highest BCUT2D eigenvalue weighted by Gasteiger charge is 2.22. The van der Waals surface area contributed by atoms with Gasteiger partial charge in [-0.1, -0.05) is 15.9 Å². The van der Waals surface area contributed by atoms with Gasteiger partial charge in [0.25, 0.3) is 6.43 Å². The van der Waals surface area contributed by atoms with Crippen molar-refractivity contribution in [2.75, 3.05) is 7.11 Å². The Balaban J connectivity index is 3.35. The number of nitriles is 1. The number of aromatic nitrogens is 1. The van der Waals surface area contributed by atoms with Gasteiger partial charge >= 0.3 is 5.97 Å². The van der Waals surface area contributed by atoms with E-state index in [1.54, 1.807) is 6.07 Å². The summed E-state index contributed by atoms with van der Waals surface area (Å²) in [6.45, 7) is 0. The van der Waals surface area contributed by atoms with E-state index in [1.165, 1.54) is 6.07 Å². The highest BCUT2D eigenvalue weighted by Crippen LogP contribution is 2.27. The lowest BCUT2D eigenvalue weighted by atomic mass is 10.0. The number of pyridine rings is 1. The van der Waals surface area contributed by atoms with Crippen LogP contribution in [0.3, 0.4) is 0 Å². The molecule has 1 aromatic heterocycles. The fraction of sp³-hybridized carbons (Fsp3) is 0.364. The van der Waals surface area contributed by atoms with E-state index in [0.717, 1.165) is 7.11 Å². The van der Waals surface area contributed by atoms with Crippen molar-refractivity contribution in [2.45, 2.75) is 18.2 Å². The van der Waals surface area contributed by atoms with E-state index in [0.29, 0.717) is 11.0 Å². The van der Waals surface area contributed by atoms with Crippen molar-refractivity contribution in [1.29, 1.82) is 5.26 Å². The van der Waals surface area contributed by atoms with Crippen molar-refractivity contribution in [3.8, 4) is 6.07 Å². The molecule has 0 aromatic carbocycles. The maximum absolute atomic E-state index is 12.9. The lowest BCUT2D eigenvalue weighted by molar-refractivity contribution is -0.139. The van der Waals surface area contributed by atoms with Gasteiger partial charge in [-0.05, 0) is 6.07 Å². The molecule has 0 spiro atoms. The van der Waals surface area contributed by atoms with Crippen LogP contribution in [-0.4, -0.2) is 18.1 Å². The van der Waals surface area contributed by atoms with Gasteiger partial charge in [0.2, 0.25) is 0 Å². The predicted octanol–water partition coefficient (Wildman–Crippen LogP) is 2.50. The SMILES string of the molecule is COC(=O)Cc1nc(CBr)cc(C#N)c1C(F)F. The van der Waals surface area contributed by atoms with E-state index in [-0.39, 0.29) is 17.7 Å². The molecule has 1 rings (SSSR count).